The molecule has 0 saturated carbocycles. The molecule has 0 heterocycles. The molecule has 1 heteroatoms. The summed E-state index contributed by atoms with van der Waals surface area (Å²) in [5, 5.41) is 3.41. The van der Waals surface area contributed by atoms with E-state index in [2.05, 4.69) is 43.4 Å². The molecule has 1 nitrogen and oxygen atoms in total. The number of hydrogen-bond donors (Lipinski definition) is 1. The maximum Gasteiger partial charge on any atom is 0.0340 e. The van der Waals surface area contributed by atoms with Crippen LogP contribution in [0.4, 0.5) is 5.69 Å². The zero-order chi connectivity index (χ0) is 9.52. The van der Waals surface area contributed by atoms with Gasteiger partial charge < -0.3 is 5.32 Å². The Labute approximate surface area is 81.2 Å². The fourth-order valence-corrected chi connectivity index (χ4v) is 1.28. The van der Waals surface area contributed by atoms with E-state index in [0.717, 1.165) is 6.54 Å². The summed E-state index contributed by atoms with van der Waals surface area (Å²) in [6.45, 7) is 5.43. The highest BCUT2D eigenvalue weighted by molar-refractivity contribution is 5.44. The van der Waals surface area contributed by atoms with Gasteiger partial charge in [-0.2, -0.15) is 0 Å². The lowest BCUT2D eigenvalue weighted by atomic mass is 10.2. The van der Waals surface area contributed by atoms with Crippen molar-refractivity contribution in [1.29, 1.82) is 0 Å². The summed E-state index contributed by atoms with van der Waals surface area (Å²) in [5.41, 5.74) is 2.56. The molecule has 0 radical (unpaired) electrons. The van der Waals surface area contributed by atoms with Crippen molar-refractivity contribution in [2.75, 3.05) is 11.9 Å². The van der Waals surface area contributed by atoms with Crippen molar-refractivity contribution >= 4 is 5.69 Å². The van der Waals surface area contributed by atoms with E-state index >= 15 is 0 Å². The van der Waals surface area contributed by atoms with Crippen LogP contribution in [-0.4, -0.2) is 6.54 Å². The van der Waals surface area contributed by atoms with Gasteiger partial charge in [-0.05, 0) is 25.5 Å². The molecule has 0 saturated heterocycles. The van der Waals surface area contributed by atoms with Gasteiger partial charge in [-0.3, -0.25) is 0 Å². The number of nitrogens with one attached hydrogen (secondary N) is 1. The van der Waals surface area contributed by atoms with E-state index in [4.69, 9.17) is 0 Å². The summed E-state index contributed by atoms with van der Waals surface area (Å²) in [6.07, 6.45) is 3.87. The van der Waals surface area contributed by atoms with E-state index in [9.17, 15) is 0 Å². The number of hydrogen-bond acceptors (Lipinski definition) is 1. The first kappa shape index (κ1) is 10.1. The van der Waals surface area contributed by atoms with Gasteiger partial charge in [0.05, 0.1) is 0 Å². The third-order valence-electron chi connectivity index (χ3n) is 2.16. The molecule has 0 bridgehead atoms. The first-order chi connectivity index (χ1) is 6.33. The Morgan fingerprint density at radius 1 is 1.08 bits per heavy atom. The minimum atomic E-state index is 1.09. The van der Waals surface area contributed by atoms with E-state index in [1.165, 1.54) is 30.5 Å². The molecular weight excluding hydrogens is 158 g/mol. The van der Waals surface area contributed by atoms with Gasteiger partial charge in [0, 0.05) is 12.2 Å². The summed E-state index contributed by atoms with van der Waals surface area (Å²) < 4.78 is 0. The Bertz CT molecular complexity index is 225. The van der Waals surface area contributed by atoms with E-state index in [0.29, 0.717) is 0 Å². The van der Waals surface area contributed by atoms with E-state index < -0.39 is 0 Å². The maximum absolute atomic E-state index is 3.41. The van der Waals surface area contributed by atoms with Crippen molar-refractivity contribution in [3.8, 4) is 0 Å². The molecule has 0 amide bonds. The number of unbranched alkanes of at least 4 members (excludes halogenated alkanes) is 2. The van der Waals surface area contributed by atoms with Crippen LogP contribution in [0.3, 0.4) is 0 Å². The van der Waals surface area contributed by atoms with Crippen molar-refractivity contribution in [3.63, 3.8) is 0 Å². The van der Waals surface area contributed by atoms with Crippen molar-refractivity contribution in [2.24, 2.45) is 0 Å². The standard InChI is InChI=1S/C12H19N/c1-3-4-5-10-13-12-8-6-11(2)7-9-12/h6-9,13H,3-5,10H2,1-2H3. The Balaban J connectivity index is 2.25. The van der Waals surface area contributed by atoms with Crippen LogP contribution >= 0.6 is 0 Å². The lowest BCUT2D eigenvalue weighted by molar-refractivity contribution is 0.744. The molecule has 0 atom stereocenters. The van der Waals surface area contributed by atoms with Crippen LogP contribution in [-0.2, 0) is 0 Å². The van der Waals surface area contributed by atoms with Crippen molar-refractivity contribution in [3.05, 3.63) is 29.8 Å². The molecule has 1 rings (SSSR count). The third kappa shape index (κ3) is 3.97. The molecule has 1 aromatic carbocycles. The molecule has 0 fully saturated rings. The highest BCUT2D eigenvalue weighted by Crippen LogP contribution is 2.08. The number of aryl methyl sites for hydroxylation is 1. The lowest BCUT2D eigenvalue weighted by Gasteiger charge is -2.05. The van der Waals surface area contributed by atoms with Gasteiger partial charge in [-0.1, -0.05) is 37.5 Å². The predicted octanol–water partition coefficient (Wildman–Crippen LogP) is 3.60. The monoisotopic (exact) mass is 177 g/mol. The van der Waals surface area contributed by atoms with Gasteiger partial charge in [0.2, 0.25) is 0 Å². The van der Waals surface area contributed by atoms with E-state index in [1.807, 2.05) is 0 Å². The first-order valence-corrected chi connectivity index (χ1v) is 5.13. The lowest BCUT2D eigenvalue weighted by Crippen LogP contribution is -2.00. The van der Waals surface area contributed by atoms with Crippen LogP contribution in [0.25, 0.3) is 0 Å². The summed E-state index contributed by atoms with van der Waals surface area (Å²) in [6, 6.07) is 8.56. The smallest absolute Gasteiger partial charge is 0.0340 e. The zero-order valence-electron chi connectivity index (χ0n) is 8.64. The third-order valence-corrected chi connectivity index (χ3v) is 2.16. The molecular formula is C12H19N. The van der Waals surface area contributed by atoms with Crippen molar-refractivity contribution in [1.82, 2.24) is 0 Å². The summed E-state index contributed by atoms with van der Waals surface area (Å²) in [7, 11) is 0. The van der Waals surface area contributed by atoms with Crippen molar-refractivity contribution in [2.45, 2.75) is 33.1 Å². The average molecular weight is 177 g/mol. The van der Waals surface area contributed by atoms with E-state index in [1.54, 1.807) is 0 Å². The van der Waals surface area contributed by atoms with Gasteiger partial charge >= 0.3 is 0 Å². The molecule has 13 heavy (non-hydrogen) atoms. The highest BCUT2D eigenvalue weighted by Gasteiger charge is 1.90. The quantitative estimate of drug-likeness (QED) is 0.678. The molecule has 1 aromatic rings. The Morgan fingerprint density at radius 3 is 2.38 bits per heavy atom. The van der Waals surface area contributed by atoms with Crippen LogP contribution in [0.1, 0.15) is 31.7 Å². The minimum absolute atomic E-state index is 1.09. The second kappa shape index (κ2) is 5.63. The number of rotatable bonds is 5. The zero-order valence-corrected chi connectivity index (χ0v) is 8.64. The minimum Gasteiger partial charge on any atom is -0.385 e. The van der Waals surface area contributed by atoms with Gasteiger partial charge in [-0.15, -0.1) is 0 Å². The van der Waals surface area contributed by atoms with Gasteiger partial charge in [0.1, 0.15) is 0 Å². The molecule has 0 aliphatic rings. The van der Waals surface area contributed by atoms with Crippen LogP contribution in [0.2, 0.25) is 0 Å². The second-order valence-electron chi connectivity index (χ2n) is 3.50. The van der Waals surface area contributed by atoms with Gasteiger partial charge in [0.25, 0.3) is 0 Å². The first-order valence-electron chi connectivity index (χ1n) is 5.13. The van der Waals surface area contributed by atoms with E-state index in [-0.39, 0.29) is 0 Å². The SMILES string of the molecule is CCCCCNc1ccc(C)cc1. The topological polar surface area (TPSA) is 12.0 Å². The largest absolute Gasteiger partial charge is 0.385 e. The summed E-state index contributed by atoms with van der Waals surface area (Å²) >= 11 is 0. The number of anilines is 1. The fraction of sp³-hybridized carbons (Fsp3) is 0.500. The van der Waals surface area contributed by atoms with Crippen molar-refractivity contribution < 1.29 is 0 Å². The molecule has 1 N–H and O–H groups in total. The van der Waals surface area contributed by atoms with Crippen LogP contribution in [0.5, 0.6) is 0 Å². The molecule has 0 aromatic heterocycles. The Morgan fingerprint density at radius 2 is 1.77 bits per heavy atom. The van der Waals surface area contributed by atoms with Gasteiger partial charge in [0.15, 0.2) is 0 Å². The average Bonchev–Trinajstić information content (AvgIpc) is 2.15. The molecule has 0 aliphatic heterocycles. The fourth-order valence-electron chi connectivity index (χ4n) is 1.28. The summed E-state index contributed by atoms with van der Waals surface area (Å²) in [5.74, 6) is 0. The molecule has 0 aliphatic carbocycles. The normalized spacial score (nSPS) is 10.0. The Kier molecular flexibility index (Phi) is 4.37. The predicted molar refractivity (Wildman–Crippen MR) is 59.2 cm³/mol. The highest BCUT2D eigenvalue weighted by atomic mass is 14.9. The summed E-state index contributed by atoms with van der Waals surface area (Å²) in [4.78, 5) is 0. The van der Waals surface area contributed by atoms with Gasteiger partial charge in [-0.25, -0.2) is 0 Å². The molecule has 0 unspecified atom stereocenters. The van der Waals surface area contributed by atoms with Crippen LogP contribution in [0, 0.1) is 6.92 Å². The second-order valence-corrected chi connectivity index (χ2v) is 3.50. The van der Waals surface area contributed by atoms with Crippen LogP contribution < -0.4 is 5.32 Å². The van der Waals surface area contributed by atoms with Crippen LogP contribution in [0.15, 0.2) is 24.3 Å². The Hall–Kier alpha value is -0.980. The molecule has 0 spiro atoms. The maximum atomic E-state index is 3.41. The molecule has 72 valence electrons. The number of benzene rings is 1.